The van der Waals surface area contributed by atoms with Gasteiger partial charge in [-0.1, -0.05) is 51.3 Å². The molecule has 0 saturated carbocycles. The predicted octanol–water partition coefficient (Wildman–Crippen LogP) is 3.59. The monoisotopic (exact) mass is 230 g/mol. The topological polar surface area (TPSA) is 6.48 Å². The Balaban J connectivity index is 5.16. The maximum absolute atomic E-state index is 4.02. The van der Waals surface area contributed by atoms with Crippen molar-refractivity contribution in [2.75, 3.05) is 26.2 Å². The Morgan fingerprint density at radius 2 is 1.07 bits per heavy atom. The summed E-state index contributed by atoms with van der Waals surface area (Å²) in [7, 11) is -1.16. The Labute approximate surface area is 97.2 Å². The van der Waals surface area contributed by atoms with Crippen LogP contribution in [0.2, 0.25) is 0 Å². The van der Waals surface area contributed by atoms with Gasteiger partial charge in [0, 0.05) is 26.2 Å². The molecule has 0 amide bonds. The highest BCUT2D eigenvalue weighted by molar-refractivity contribution is 8.34. The van der Waals surface area contributed by atoms with Gasteiger partial charge in [0.25, 0.3) is 0 Å². The Morgan fingerprint density at radius 1 is 0.800 bits per heavy atom. The second kappa shape index (κ2) is 7.09. The fourth-order valence-electron chi connectivity index (χ4n) is 1.93. The molecule has 0 unspecified atom stereocenters. The summed E-state index contributed by atoms with van der Waals surface area (Å²) >= 11 is 0. The predicted molar refractivity (Wildman–Crippen MR) is 73.8 cm³/mol. The molecule has 0 saturated heterocycles. The van der Waals surface area contributed by atoms with Crippen LogP contribution in [0.1, 0.15) is 27.7 Å². The molecule has 0 aromatic rings. The molecule has 0 fully saturated rings. The lowest BCUT2D eigenvalue weighted by Crippen LogP contribution is -2.37. The van der Waals surface area contributed by atoms with Crippen LogP contribution in [0.15, 0.2) is 24.0 Å². The molecule has 0 heterocycles. The van der Waals surface area contributed by atoms with Crippen LogP contribution < -0.4 is 0 Å². The van der Waals surface area contributed by atoms with Crippen molar-refractivity contribution in [3.05, 3.63) is 24.0 Å². The van der Waals surface area contributed by atoms with E-state index in [9.17, 15) is 0 Å². The molecular formula is C12H26N2S. The molecule has 0 aromatic heterocycles. The van der Waals surface area contributed by atoms with Crippen molar-refractivity contribution in [3.8, 4) is 0 Å². The minimum atomic E-state index is -1.16. The van der Waals surface area contributed by atoms with Crippen molar-refractivity contribution in [3.63, 3.8) is 0 Å². The van der Waals surface area contributed by atoms with Gasteiger partial charge in [-0.2, -0.15) is 0 Å². The summed E-state index contributed by atoms with van der Waals surface area (Å²) in [4.78, 5) is 0. The number of rotatable bonds is 8. The van der Waals surface area contributed by atoms with Crippen molar-refractivity contribution in [2.45, 2.75) is 27.7 Å². The number of nitrogens with zero attached hydrogens (tertiary/aromatic N) is 2. The average Bonchev–Trinajstić information content (AvgIpc) is 2.29. The fourth-order valence-corrected chi connectivity index (χ4v) is 4.89. The molecule has 0 bridgehead atoms. The first-order valence-corrected chi connectivity index (χ1v) is 7.42. The van der Waals surface area contributed by atoms with Crippen LogP contribution in [0, 0.1) is 0 Å². The molecule has 0 aromatic carbocycles. The van der Waals surface area contributed by atoms with E-state index in [1.807, 2.05) is 0 Å². The molecule has 0 radical (unpaired) electrons. The normalized spacial score (nSPS) is 13.2. The van der Waals surface area contributed by atoms with Crippen LogP contribution in [0.3, 0.4) is 0 Å². The lowest BCUT2D eigenvalue weighted by Gasteiger charge is -2.50. The van der Waals surface area contributed by atoms with Crippen LogP contribution in [0.4, 0.5) is 0 Å². The zero-order valence-corrected chi connectivity index (χ0v) is 11.5. The Bertz CT molecular complexity index is 174. The van der Waals surface area contributed by atoms with E-state index in [2.05, 4.69) is 60.3 Å². The summed E-state index contributed by atoms with van der Waals surface area (Å²) in [5.41, 5.74) is 0. The van der Waals surface area contributed by atoms with E-state index in [-0.39, 0.29) is 0 Å². The summed E-state index contributed by atoms with van der Waals surface area (Å²) in [5, 5.41) is 4.17. The molecule has 2 nitrogen and oxygen atoms in total. The molecular weight excluding hydrogens is 204 g/mol. The summed E-state index contributed by atoms with van der Waals surface area (Å²) in [6, 6.07) is 0. The van der Waals surface area contributed by atoms with Gasteiger partial charge in [0.2, 0.25) is 0 Å². The number of hydrogen-bond acceptors (Lipinski definition) is 2. The van der Waals surface area contributed by atoms with E-state index in [1.165, 1.54) is 0 Å². The Hall–Kier alpha value is -0.250. The van der Waals surface area contributed by atoms with Gasteiger partial charge in [0.15, 0.2) is 0 Å². The van der Waals surface area contributed by atoms with Gasteiger partial charge in [-0.25, -0.2) is 0 Å². The van der Waals surface area contributed by atoms with E-state index in [1.54, 1.807) is 0 Å². The van der Waals surface area contributed by atoms with E-state index >= 15 is 0 Å². The van der Waals surface area contributed by atoms with Crippen LogP contribution in [-0.4, -0.2) is 34.8 Å². The third-order valence-corrected chi connectivity index (χ3v) is 6.40. The van der Waals surface area contributed by atoms with Crippen LogP contribution in [0.25, 0.3) is 0 Å². The maximum Gasteiger partial charge on any atom is 0.00627 e. The van der Waals surface area contributed by atoms with Crippen molar-refractivity contribution >= 4 is 10.4 Å². The molecule has 0 aliphatic carbocycles. The molecule has 0 aliphatic heterocycles. The molecule has 0 atom stereocenters. The van der Waals surface area contributed by atoms with Gasteiger partial charge in [-0.3, -0.25) is 8.61 Å². The maximum atomic E-state index is 4.02. The number of hydrogen-bond donors (Lipinski definition) is 0. The molecule has 0 spiro atoms. The van der Waals surface area contributed by atoms with Gasteiger partial charge < -0.3 is 0 Å². The molecule has 15 heavy (non-hydrogen) atoms. The fraction of sp³-hybridized carbons (Fsp3) is 0.667. The minimum Gasteiger partial charge on any atom is -0.250 e. The highest BCUT2D eigenvalue weighted by Gasteiger charge is 2.28. The van der Waals surface area contributed by atoms with Gasteiger partial charge in [0.1, 0.15) is 0 Å². The zero-order chi connectivity index (χ0) is 11.9. The van der Waals surface area contributed by atoms with Gasteiger partial charge in [-0.15, -0.1) is 0 Å². The molecule has 3 heteroatoms. The quantitative estimate of drug-likeness (QED) is 0.629. The lowest BCUT2D eigenvalue weighted by atomic mass is 10.7. The summed E-state index contributed by atoms with van der Waals surface area (Å²) in [6.07, 6.45) is 0. The summed E-state index contributed by atoms with van der Waals surface area (Å²) < 4.78 is 4.92. The third kappa shape index (κ3) is 2.86. The molecule has 90 valence electrons. The van der Waals surface area contributed by atoms with E-state index in [0.29, 0.717) is 0 Å². The first-order valence-electron chi connectivity index (χ1n) is 5.75. The minimum absolute atomic E-state index is 1.04. The third-order valence-electron chi connectivity index (χ3n) is 2.73. The van der Waals surface area contributed by atoms with E-state index < -0.39 is 10.4 Å². The summed E-state index contributed by atoms with van der Waals surface area (Å²) in [6.45, 7) is 21.0. The lowest BCUT2D eigenvalue weighted by molar-refractivity contribution is 0.439. The largest absolute Gasteiger partial charge is 0.250 e. The van der Waals surface area contributed by atoms with Gasteiger partial charge in [-0.05, 0) is 10.8 Å². The zero-order valence-electron chi connectivity index (χ0n) is 10.7. The van der Waals surface area contributed by atoms with Crippen molar-refractivity contribution in [1.29, 1.82) is 0 Å². The SMILES string of the molecule is C=CS(C=C)(N(CC)CC)N(CC)CC. The van der Waals surface area contributed by atoms with Gasteiger partial charge in [0.05, 0.1) is 0 Å². The van der Waals surface area contributed by atoms with Crippen molar-refractivity contribution < 1.29 is 0 Å². The van der Waals surface area contributed by atoms with Crippen LogP contribution in [0.5, 0.6) is 0 Å². The molecule has 0 N–H and O–H groups in total. The second-order valence-corrected chi connectivity index (χ2v) is 6.18. The second-order valence-electron chi connectivity index (χ2n) is 3.20. The highest BCUT2D eigenvalue weighted by Crippen LogP contribution is 2.56. The summed E-state index contributed by atoms with van der Waals surface area (Å²) in [5.74, 6) is 0. The van der Waals surface area contributed by atoms with Crippen molar-refractivity contribution in [2.24, 2.45) is 0 Å². The smallest absolute Gasteiger partial charge is 0.00627 e. The Morgan fingerprint density at radius 3 is 1.20 bits per heavy atom. The van der Waals surface area contributed by atoms with Crippen molar-refractivity contribution in [1.82, 2.24) is 8.61 Å². The molecule has 0 rings (SSSR count). The average molecular weight is 230 g/mol. The standard InChI is InChI=1S/C12H26N2S/c1-7-13(8-2)15(11-5,12-6)14(9-3)10-4/h11-12H,5-10H2,1-4H3. The van der Waals surface area contributed by atoms with E-state index in [0.717, 1.165) is 26.2 Å². The first-order chi connectivity index (χ1) is 7.16. The first kappa shape index (κ1) is 14.8. The van der Waals surface area contributed by atoms with Crippen LogP contribution in [-0.2, 0) is 0 Å². The highest BCUT2D eigenvalue weighted by atomic mass is 32.3. The Kier molecular flexibility index (Phi) is 6.98. The van der Waals surface area contributed by atoms with Crippen LogP contribution >= 0.6 is 10.4 Å². The van der Waals surface area contributed by atoms with E-state index in [4.69, 9.17) is 0 Å². The van der Waals surface area contributed by atoms with Gasteiger partial charge >= 0.3 is 0 Å². The molecule has 0 aliphatic rings.